The minimum atomic E-state index is -1.90. The summed E-state index contributed by atoms with van der Waals surface area (Å²) in [7, 11) is 0. The molecule has 132 valence electrons. The van der Waals surface area contributed by atoms with E-state index in [4.69, 9.17) is 0 Å². The van der Waals surface area contributed by atoms with Crippen LogP contribution >= 0.6 is 0 Å². The molecule has 0 saturated carbocycles. The second-order valence-electron chi connectivity index (χ2n) is 6.01. The quantitative estimate of drug-likeness (QED) is 0.199. The van der Waals surface area contributed by atoms with E-state index in [9.17, 15) is 17.6 Å². The molecule has 0 aliphatic heterocycles. The summed E-state index contributed by atoms with van der Waals surface area (Å²) in [5.41, 5.74) is 3.05. The lowest BCUT2D eigenvalue weighted by Gasteiger charge is -2.02. The third-order valence-corrected chi connectivity index (χ3v) is 4.30. The van der Waals surface area contributed by atoms with Gasteiger partial charge in [0.2, 0.25) is 0 Å². The van der Waals surface area contributed by atoms with Gasteiger partial charge in [0.25, 0.3) is 0 Å². The molecular formula is C19H8F4N4. The molecular weight excluding hydrogens is 360 g/mol. The van der Waals surface area contributed by atoms with Gasteiger partial charge >= 0.3 is 0 Å². The van der Waals surface area contributed by atoms with Gasteiger partial charge in [0.1, 0.15) is 0 Å². The lowest BCUT2D eigenvalue weighted by atomic mass is 10.2. The predicted octanol–water partition coefficient (Wildman–Crippen LogP) is 4.88. The van der Waals surface area contributed by atoms with Crippen LogP contribution in [0.5, 0.6) is 0 Å². The summed E-state index contributed by atoms with van der Waals surface area (Å²) in [6.45, 7) is 0. The maximum absolute atomic E-state index is 14.0. The summed E-state index contributed by atoms with van der Waals surface area (Å²) in [6.07, 6.45) is 0. The van der Waals surface area contributed by atoms with E-state index in [1.54, 1.807) is 12.1 Å². The highest BCUT2D eigenvalue weighted by atomic mass is 19.2. The van der Waals surface area contributed by atoms with Crippen molar-refractivity contribution in [1.82, 2.24) is 19.9 Å². The van der Waals surface area contributed by atoms with Gasteiger partial charge in [-0.2, -0.15) is 0 Å². The summed E-state index contributed by atoms with van der Waals surface area (Å²) < 4.78 is 54.2. The predicted molar refractivity (Wildman–Crippen MR) is 92.0 cm³/mol. The van der Waals surface area contributed by atoms with Gasteiger partial charge < -0.3 is 4.98 Å². The molecule has 2 heterocycles. The highest BCUT2D eigenvalue weighted by Crippen LogP contribution is 2.29. The van der Waals surface area contributed by atoms with Gasteiger partial charge in [-0.1, -0.05) is 12.1 Å². The number of nitrogens with zero attached hydrogens (tertiary/aromatic N) is 3. The number of nitrogens with one attached hydrogen (secondary N) is 1. The molecule has 0 amide bonds. The number of H-pyrrole nitrogens is 1. The zero-order chi connectivity index (χ0) is 18.7. The fourth-order valence-electron chi connectivity index (χ4n) is 3.00. The lowest BCUT2D eigenvalue weighted by Crippen LogP contribution is -1.99. The van der Waals surface area contributed by atoms with E-state index in [2.05, 4.69) is 19.9 Å². The Bertz CT molecular complexity index is 1310. The Morgan fingerprint density at radius 2 is 1.37 bits per heavy atom. The first-order chi connectivity index (χ1) is 13.0. The second-order valence-corrected chi connectivity index (χ2v) is 6.01. The van der Waals surface area contributed by atoms with E-state index in [1.807, 2.05) is 24.3 Å². The van der Waals surface area contributed by atoms with E-state index in [-0.39, 0.29) is 5.82 Å². The highest BCUT2D eigenvalue weighted by Gasteiger charge is 2.22. The third kappa shape index (κ3) is 2.33. The van der Waals surface area contributed by atoms with Crippen LogP contribution in [0.1, 0.15) is 0 Å². The summed E-state index contributed by atoms with van der Waals surface area (Å²) in [5, 5.41) is 0. The number of imidazole rings is 1. The van der Waals surface area contributed by atoms with E-state index >= 15 is 0 Å². The van der Waals surface area contributed by atoms with Crippen molar-refractivity contribution in [3.05, 3.63) is 65.7 Å². The van der Waals surface area contributed by atoms with Crippen molar-refractivity contribution < 1.29 is 17.6 Å². The van der Waals surface area contributed by atoms with Gasteiger partial charge in [-0.25, -0.2) is 32.5 Å². The van der Waals surface area contributed by atoms with Crippen molar-refractivity contribution in [2.45, 2.75) is 0 Å². The van der Waals surface area contributed by atoms with Gasteiger partial charge in [0, 0.05) is 0 Å². The third-order valence-electron chi connectivity index (χ3n) is 4.30. The summed E-state index contributed by atoms with van der Waals surface area (Å²) in [5.74, 6) is -7.05. The molecule has 2 aromatic heterocycles. The fraction of sp³-hybridized carbons (Fsp3) is 0. The van der Waals surface area contributed by atoms with Crippen LogP contribution < -0.4 is 0 Å². The first-order valence-corrected chi connectivity index (χ1v) is 7.91. The SMILES string of the molecule is Fc1cc(-c2nc3cc4nc5ccccc5[nH]c4cc3n2)c(F)c(F)c1F. The van der Waals surface area contributed by atoms with Gasteiger partial charge in [0.05, 0.1) is 38.7 Å². The van der Waals surface area contributed by atoms with Crippen LogP contribution in [-0.4, -0.2) is 19.9 Å². The highest BCUT2D eigenvalue weighted by molar-refractivity contribution is 5.95. The van der Waals surface area contributed by atoms with E-state index < -0.39 is 28.8 Å². The molecule has 4 nitrogen and oxygen atoms in total. The zero-order valence-corrected chi connectivity index (χ0v) is 13.4. The molecule has 0 radical (unpaired) electrons. The van der Waals surface area contributed by atoms with Crippen molar-refractivity contribution in [2.75, 3.05) is 0 Å². The van der Waals surface area contributed by atoms with E-state index in [0.717, 1.165) is 11.0 Å². The number of hydrogen-bond donors (Lipinski definition) is 1. The maximum Gasteiger partial charge on any atom is 0.198 e. The Morgan fingerprint density at radius 3 is 2.19 bits per heavy atom. The van der Waals surface area contributed by atoms with Crippen LogP contribution in [0.15, 0.2) is 42.5 Å². The molecule has 0 fully saturated rings. The number of aromatic amines is 1. The van der Waals surface area contributed by atoms with Gasteiger partial charge in [-0.15, -0.1) is 0 Å². The molecule has 0 spiro atoms. The van der Waals surface area contributed by atoms with Crippen molar-refractivity contribution in [1.29, 1.82) is 0 Å². The molecule has 8 heteroatoms. The smallest absolute Gasteiger partial charge is 0.198 e. The topological polar surface area (TPSA) is 54.5 Å². The molecule has 0 saturated heterocycles. The molecule has 0 bridgehead atoms. The van der Waals surface area contributed by atoms with Crippen LogP contribution in [0.3, 0.4) is 0 Å². The normalized spacial score (nSPS) is 11.7. The van der Waals surface area contributed by atoms with Crippen molar-refractivity contribution in [2.24, 2.45) is 0 Å². The molecule has 5 rings (SSSR count). The number of aromatic nitrogens is 4. The first kappa shape index (κ1) is 15.7. The summed E-state index contributed by atoms with van der Waals surface area (Å²) >= 11 is 0. The molecule has 3 aromatic carbocycles. The van der Waals surface area contributed by atoms with Crippen LogP contribution in [0.2, 0.25) is 0 Å². The molecule has 0 aliphatic carbocycles. The first-order valence-electron chi connectivity index (χ1n) is 7.91. The van der Waals surface area contributed by atoms with E-state index in [0.29, 0.717) is 28.1 Å². The van der Waals surface area contributed by atoms with Gasteiger partial charge in [-0.05, 0) is 30.3 Å². The van der Waals surface area contributed by atoms with Gasteiger partial charge in [0.15, 0.2) is 29.1 Å². The van der Waals surface area contributed by atoms with Crippen molar-refractivity contribution in [3.8, 4) is 11.4 Å². The number of hydrogen-bond acceptors (Lipinski definition) is 3. The standard InChI is InChI=1S/C19H8F4N4/c20-9-5-8(16(21)18(23)17(9)22)19-26-14-6-12-13(7-15(14)27-19)25-11-4-2-1-3-10(11)24-12/h1-7,24H. The zero-order valence-electron chi connectivity index (χ0n) is 13.4. The van der Waals surface area contributed by atoms with Crippen molar-refractivity contribution in [3.63, 3.8) is 0 Å². The molecule has 0 unspecified atom stereocenters. The minimum Gasteiger partial charge on any atom is -0.352 e. The number of benzene rings is 3. The average molecular weight is 368 g/mol. The second kappa shape index (κ2) is 5.47. The Hall–Kier alpha value is -3.55. The maximum atomic E-state index is 14.0. The minimum absolute atomic E-state index is 0.236. The van der Waals surface area contributed by atoms with Crippen LogP contribution in [0.4, 0.5) is 17.6 Å². The average Bonchev–Trinajstić information content (AvgIpc) is 3.08. The molecule has 27 heavy (non-hydrogen) atoms. The summed E-state index contributed by atoms with van der Waals surface area (Å²) in [6, 6.07) is 11.3. The number of rotatable bonds is 1. The molecule has 5 aromatic rings. The van der Waals surface area contributed by atoms with Crippen LogP contribution in [0, 0.1) is 23.3 Å². The monoisotopic (exact) mass is 368 g/mol. The molecule has 1 N–H and O–H groups in total. The number of fused-ring (bicyclic) bond motifs is 3. The number of halogens is 4. The summed E-state index contributed by atoms with van der Waals surface area (Å²) in [4.78, 5) is 16.0. The van der Waals surface area contributed by atoms with E-state index in [1.165, 1.54) is 0 Å². The van der Waals surface area contributed by atoms with Crippen molar-refractivity contribution >= 4 is 33.1 Å². The van der Waals surface area contributed by atoms with Crippen LogP contribution in [-0.2, 0) is 0 Å². The fourth-order valence-corrected chi connectivity index (χ4v) is 3.00. The number of para-hydroxylation sites is 2. The Kier molecular flexibility index (Phi) is 3.18. The Labute approximate surface area is 148 Å². The Morgan fingerprint density at radius 1 is 0.630 bits per heavy atom. The largest absolute Gasteiger partial charge is 0.352 e. The molecule has 0 aliphatic rings. The van der Waals surface area contributed by atoms with Gasteiger partial charge in [-0.3, -0.25) is 0 Å². The molecule has 0 atom stereocenters. The lowest BCUT2D eigenvalue weighted by molar-refractivity contribution is 0.410. The van der Waals surface area contributed by atoms with Crippen LogP contribution in [0.25, 0.3) is 44.5 Å². The Balaban J connectivity index is 1.76.